The highest BCUT2D eigenvalue weighted by atomic mass is 32.1. The fourth-order valence-electron chi connectivity index (χ4n) is 2.98. The van der Waals surface area contributed by atoms with E-state index in [1.807, 2.05) is 12.3 Å². The number of thiazole rings is 1. The van der Waals surface area contributed by atoms with Gasteiger partial charge in [-0.2, -0.15) is 4.98 Å². The van der Waals surface area contributed by atoms with Gasteiger partial charge in [0.1, 0.15) is 17.3 Å². The number of halogens is 1. The molecular formula is C22H21FN4O3S. The van der Waals surface area contributed by atoms with Gasteiger partial charge in [-0.25, -0.2) is 8.91 Å². The van der Waals surface area contributed by atoms with Gasteiger partial charge in [-0.15, -0.1) is 16.4 Å². The maximum absolute atomic E-state index is 13.5. The van der Waals surface area contributed by atoms with Crippen LogP contribution >= 0.6 is 11.3 Å². The fraction of sp³-hybridized carbons (Fsp3) is 0.227. The van der Waals surface area contributed by atoms with Gasteiger partial charge in [-0.1, -0.05) is 12.1 Å². The summed E-state index contributed by atoms with van der Waals surface area (Å²) in [6.45, 7) is 2.88. The predicted molar refractivity (Wildman–Crippen MR) is 116 cm³/mol. The zero-order valence-corrected chi connectivity index (χ0v) is 17.7. The number of rotatable bonds is 9. The molecule has 0 saturated heterocycles. The van der Waals surface area contributed by atoms with Gasteiger partial charge < -0.3 is 14.8 Å². The third-order valence-electron chi connectivity index (χ3n) is 4.44. The number of aromatic nitrogens is 3. The quantitative estimate of drug-likeness (QED) is 0.429. The number of carbonyl (C=O) groups excluding carboxylic acids is 1. The van der Waals surface area contributed by atoms with Crippen molar-refractivity contribution in [3.05, 3.63) is 65.4 Å². The van der Waals surface area contributed by atoms with Crippen LogP contribution in [0.15, 0.2) is 53.9 Å². The summed E-state index contributed by atoms with van der Waals surface area (Å²) >= 11 is 1.45. The van der Waals surface area contributed by atoms with Gasteiger partial charge in [0.15, 0.2) is 12.4 Å². The summed E-state index contributed by atoms with van der Waals surface area (Å²) in [6, 6.07) is 13.3. The number of nitrogens with zero attached hydrogens (tertiary/aromatic N) is 3. The van der Waals surface area contributed by atoms with E-state index in [1.165, 1.54) is 23.5 Å². The summed E-state index contributed by atoms with van der Waals surface area (Å²) in [5, 5.41) is 9.27. The van der Waals surface area contributed by atoms with E-state index in [1.54, 1.807) is 40.9 Å². The van der Waals surface area contributed by atoms with Crippen molar-refractivity contribution in [3.63, 3.8) is 0 Å². The van der Waals surface area contributed by atoms with E-state index in [2.05, 4.69) is 15.4 Å². The summed E-state index contributed by atoms with van der Waals surface area (Å²) in [7, 11) is 0. The maximum atomic E-state index is 13.5. The van der Waals surface area contributed by atoms with E-state index >= 15 is 0 Å². The summed E-state index contributed by atoms with van der Waals surface area (Å²) in [4.78, 5) is 17.2. The highest BCUT2D eigenvalue weighted by molar-refractivity contribution is 7.15. The summed E-state index contributed by atoms with van der Waals surface area (Å²) in [5.74, 6) is 1.30. The number of fused-ring (bicyclic) bond motifs is 1. The molecule has 2 aromatic carbocycles. The van der Waals surface area contributed by atoms with Crippen LogP contribution < -0.4 is 14.8 Å². The predicted octanol–water partition coefficient (Wildman–Crippen LogP) is 3.73. The first-order valence-corrected chi connectivity index (χ1v) is 10.7. The molecule has 2 heterocycles. The van der Waals surface area contributed by atoms with Gasteiger partial charge >= 0.3 is 0 Å². The second-order valence-corrected chi connectivity index (χ2v) is 7.50. The number of hydrogen-bond donors (Lipinski definition) is 1. The Morgan fingerprint density at radius 3 is 2.68 bits per heavy atom. The van der Waals surface area contributed by atoms with E-state index in [4.69, 9.17) is 9.47 Å². The lowest BCUT2D eigenvalue weighted by molar-refractivity contribution is -0.123. The van der Waals surface area contributed by atoms with E-state index in [0.29, 0.717) is 36.7 Å². The Kier molecular flexibility index (Phi) is 6.42. The third kappa shape index (κ3) is 5.18. The SMILES string of the molecule is CCOc1ccc(OCC(=O)NCCc2csc3nc(-c4cccc(F)c4)nn23)cc1. The van der Waals surface area contributed by atoms with Crippen LogP contribution in [0, 0.1) is 5.82 Å². The fourth-order valence-corrected chi connectivity index (χ4v) is 3.83. The average Bonchev–Trinajstić information content (AvgIpc) is 3.35. The molecule has 4 rings (SSSR count). The van der Waals surface area contributed by atoms with Crippen LogP contribution in [-0.2, 0) is 11.2 Å². The highest BCUT2D eigenvalue weighted by Gasteiger charge is 2.12. The van der Waals surface area contributed by atoms with Crippen molar-refractivity contribution in [2.75, 3.05) is 19.8 Å². The molecule has 0 radical (unpaired) electrons. The first kappa shape index (κ1) is 20.8. The standard InChI is InChI=1S/C22H21FN4O3S/c1-2-29-18-6-8-19(9-7-18)30-13-20(28)24-11-10-17-14-31-22-25-21(26-27(17)22)15-4-3-5-16(23)12-15/h3-9,12,14H,2,10-11,13H2,1H3,(H,24,28). The lowest BCUT2D eigenvalue weighted by Gasteiger charge is -2.08. The van der Waals surface area contributed by atoms with E-state index < -0.39 is 0 Å². The molecule has 0 fully saturated rings. The molecule has 1 amide bonds. The first-order chi connectivity index (χ1) is 15.1. The molecular weight excluding hydrogens is 419 g/mol. The van der Waals surface area contributed by atoms with Crippen molar-refractivity contribution in [2.45, 2.75) is 13.3 Å². The number of benzene rings is 2. The normalized spacial score (nSPS) is 10.9. The Morgan fingerprint density at radius 1 is 1.16 bits per heavy atom. The minimum absolute atomic E-state index is 0.0694. The lowest BCUT2D eigenvalue weighted by Crippen LogP contribution is -2.30. The summed E-state index contributed by atoms with van der Waals surface area (Å²) in [5.41, 5.74) is 1.55. The molecule has 1 N–H and O–H groups in total. The van der Waals surface area contributed by atoms with Crippen LogP contribution in [0.25, 0.3) is 16.3 Å². The second kappa shape index (κ2) is 9.57. The number of nitrogens with one attached hydrogen (secondary N) is 1. The Hall–Kier alpha value is -3.46. The van der Waals surface area contributed by atoms with Crippen LogP contribution in [0.5, 0.6) is 11.5 Å². The minimum Gasteiger partial charge on any atom is -0.494 e. The smallest absolute Gasteiger partial charge is 0.257 e. The molecule has 0 saturated carbocycles. The van der Waals surface area contributed by atoms with E-state index in [0.717, 1.165) is 16.4 Å². The molecule has 7 nitrogen and oxygen atoms in total. The molecule has 0 aliphatic heterocycles. The molecule has 31 heavy (non-hydrogen) atoms. The van der Waals surface area contributed by atoms with Crippen molar-refractivity contribution in [3.8, 4) is 22.9 Å². The van der Waals surface area contributed by atoms with Gasteiger partial charge in [-0.05, 0) is 43.3 Å². The van der Waals surface area contributed by atoms with Gasteiger partial charge in [0.2, 0.25) is 4.96 Å². The summed E-state index contributed by atoms with van der Waals surface area (Å²) < 4.78 is 26.1. The van der Waals surface area contributed by atoms with Crippen LogP contribution in [0.1, 0.15) is 12.6 Å². The van der Waals surface area contributed by atoms with Crippen LogP contribution in [-0.4, -0.2) is 40.3 Å². The van der Waals surface area contributed by atoms with Gasteiger partial charge in [0.05, 0.1) is 12.3 Å². The molecule has 0 bridgehead atoms. The van der Waals surface area contributed by atoms with Crippen molar-refractivity contribution in [2.24, 2.45) is 0 Å². The number of hydrogen-bond acceptors (Lipinski definition) is 6. The number of carbonyl (C=O) groups is 1. The minimum atomic E-state index is -0.328. The Balaban J connectivity index is 1.28. The largest absolute Gasteiger partial charge is 0.494 e. The average molecular weight is 441 g/mol. The van der Waals surface area contributed by atoms with Gasteiger partial charge in [-0.3, -0.25) is 4.79 Å². The molecule has 0 aliphatic carbocycles. The lowest BCUT2D eigenvalue weighted by atomic mass is 10.2. The molecule has 0 atom stereocenters. The summed E-state index contributed by atoms with van der Waals surface area (Å²) in [6.07, 6.45) is 0.584. The zero-order valence-electron chi connectivity index (χ0n) is 16.9. The number of ether oxygens (including phenoxy) is 2. The zero-order chi connectivity index (χ0) is 21.6. The van der Waals surface area contributed by atoms with Crippen molar-refractivity contribution < 1.29 is 18.7 Å². The van der Waals surface area contributed by atoms with Crippen LogP contribution in [0.2, 0.25) is 0 Å². The molecule has 0 aliphatic rings. The van der Waals surface area contributed by atoms with E-state index in [-0.39, 0.29) is 18.3 Å². The Morgan fingerprint density at radius 2 is 1.94 bits per heavy atom. The van der Waals surface area contributed by atoms with Gasteiger partial charge in [0.25, 0.3) is 5.91 Å². The molecule has 160 valence electrons. The Labute approximate surface area is 182 Å². The molecule has 9 heteroatoms. The first-order valence-electron chi connectivity index (χ1n) is 9.84. The third-order valence-corrected chi connectivity index (χ3v) is 5.31. The Bertz CT molecular complexity index is 1170. The monoisotopic (exact) mass is 440 g/mol. The second-order valence-electron chi connectivity index (χ2n) is 6.66. The number of amides is 1. The van der Waals surface area contributed by atoms with Gasteiger partial charge in [0, 0.05) is 23.9 Å². The van der Waals surface area contributed by atoms with Crippen molar-refractivity contribution in [1.29, 1.82) is 0 Å². The molecule has 4 aromatic rings. The molecule has 0 spiro atoms. The molecule has 2 aromatic heterocycles. The van der Waals surface area contributed by atoms with Crippen molar-refractivity contribution >= 4 is 22.2 Å². The van der Waals surface area contributed by atoms with E-state index in [9.17, 15) is 9.18 Å². The molecule has 0 unspecified atom stereocenters. The van der Waals surface area contributed by atoms with Crippen LogP contribution in [0.3, 0.4) is 0 Å². The maximum Gasteiger partial charge on any atom is 0.257 e. The van der Waals surface area contributed by atoms with Crippen molar-refractivity contribution in [1.82, 2.24) is 19.9 Å². The van der Waals surface area contributed by atoms with Crippen LogP contribution in [0.4, 0.5) is 4.39 Å². The highest BCUT2D eigenvalue weighted by Crippen LogP contribution is 2.21. The topological polar surface area (TPSA) is 77.8 Å².